The Hall–Kier alpha value is -2.13. The molecule has 0 aliphatic heterocycles. The summed E-state index contributed by atoms with van der Waals surface area (Å²) in [5.74, 6) is 0.0293. The lowest BCUT2D eigenvalue weighted by Crippen LogP contribution is -2.52. The average Bonchev–Trinajstić information content (AvgIpc) is 2.64. The van der Waals surface area contributed by atoms with Crippen molar-refractivity contribution >= 4 is 5.91 Å². The summed E-state index contributed by atoms with van der Waals surface area (Å²) in [4.78, 5) is 12.5. The van der Waals surface area contributed by atoms with Crippen LogP contribution in [0.5, 0.6) is 0 Å². The number of benzene rings is 2. The van der Waals surface area contributed by atoms with Gasteiger partial charge in [0.25, 0.3) is 5.91 Å². The number of hydrogen-bond acceptors (Lipinski definition) is 2. The van der Waals surface area contributed by atoms with Crippen LogP contribution in [0.1, 0.15) is 54.6 Å². The van der Waals surface area contributed by atoms with E-state index in [-0.39, 0.29) is 18.0 Å². The minimum absolute atomic E-state index is 0.0293. The highest BCUT2D eigenvalue weighted by Gasteiger charge is 2.27. The molecule has 1 saturated carbocycles. The SMILES string of the molecule is C[C@H](N[C@H]1CCCC[C@H]1NC(=O)c1ccccc1)c1ccccc1. The first-order valence-corrected chi connectivity index (χ1v) is 8.91. The molecule has 0 heterocycles. The van der Waals surface area contributed by atoms with Crippen LogP contribution in [0.15, 0.2) is 60.7 Å². The normalized spacial score (nSPS) is 21.9. The zero-order valence-electron chi connectivity index (χ0n) is 14.2. The molecule has 3 rings (SSSR count). The second kappa shape index (κ2) is 8.11. The van der Waals surface area contributed by atoms with Crippen LogP contribution in [0.2, 0.25) is 0 Å². The van der Waals surface area contributed by atoms with E-state index in [1.165, 1.54) is 18.4 Å². The quantitative estimate of drug-likeness (QED) is 0.871. The zero-order valence-corrected chi connectivity index (χ0v) is 14.2. The summed E-state index contributed by atoms with van der Waals surface area (Å²) in [5, 5.41) is 6.97. The van der Waals surface area contributed by atoms with Crippen molar-refractivity contribution in [2.45, 2.75) is 50.7 Å². The van der Waals surface area contributed by atoms with Gasteiger partial charge in [-0.3, -0.25) is 4.79 Å². The molecule has 1 aliphatic rings. The molecule has 0 aromatic heterocycles. The second-order valence-corrected chi connectivity index (χ2v) is 6.64. The van der Waals surface area contributed by atoms with Crippen LogP contribution in [0.4, 0.5) is 0 Å². The van der Waals surface area contributed by atoms with Gasteiger partial charge in [-0.05, 0) is 37.5 Å². The van der Waals surface area contributed by atoms with Crippen molar-refractivity contribution < 1.29 is 4.79 Å². The van der Waals surface area contributed by atoms with Gasteiger partial charge in [0.15, 0.2) is 0 Å². The largest absolute Gasteiger partial charge is 0.348 e. The van der Waals surface area contributed by atoms with E-state index in [1.54, 1.807) is 0 Å². The summed E-state index contributed by atoms with van der Waals surface area (Å²) in [6, 6.07) is 20.8. The molecule has 126 valence electrons. The minimum atomic E-state index is 0.0293. The number of amides is 1. The van der Waals surface area contributed by atoms with E-state index in [4.69, 9.17) is 0 Å². The summed E-state index contributed by atoms with van der Waals surface area (Å²) >= 11 is 0. The first kappa shape index (κ1) is 16.7. The molecule has 1 fully saturated rings. The van der Waals surface area contributed by atoms with Gasteiger partial charge in [0.1, 0.15) is 0 Å². The molecule has 2 aromatic rings. The lowest BCUT2D eigenvalue weighted by molar-refractivity contribution is 0.0913. The molecule has 24 heavy (non-hydrogen) atoms. The van der Waals surface area contributed by atoms with Crippen molar-refractivity contribution in [2.24, 2.45) is 0 Å². The molecule has 0 radical (unpaired) electrons. The van der Waals surface area contributed by atoms with Crippen LogP contribution in [0.25, 0.3) is 0 Å². The predicted molar refractivity (Wildman–Crippen MR) is 97.9 cm³/mol. The van der Waals surface area contributed by atoms with E-state index in [0.717, 1.165) is 18.4 Å². The minimum Gasteiger partial charge on any atom is -0.348 e. The van der Waals surface area contributed by atoms with Crippen molar-refractivity contribution in [3.63, 3.8) is 0 Å². The van der Waals surface area contributed by atoms with Crippen molar-refractivity contribution in [3.05, 3.63) is 71.8 Å². The highest BCUT2D eigenvalue weighted by atomic mass is 16.1. The Morgan fingerprint density at radius 3 is 2.17 bits per heavy atom. The molecule has 3 nitrogen and oxygen atoms in total. The molecule has 0 bridgehead atoms. The van der Waals surface area contributed by atoms with Gasteiger partial charge in [-0.15, -0.1) is 0 Å². The second-order valence-electron chi connectivity index (χ2n) is 6.64. The van der Waals surface area contributed by atoms with Gasteiger partial charge < -0.3 is 10.6 Å². The molecule has 2 N–H and O–H groups in total. The van der Waals surface area contributed by atoms with Crippen LogP contribution in [0, 0.1) is 0 Å². The monoisotopic (exact) mass is 322 g/mol. The maximum atomic E-state index is 12.5. The van der Waals surface area contributed by atoms with Crippen molar-refractivity contribution in [3.8, 4) is 0 Å². The first-order chi connectivity index (χ1) is 11.7. The van der Waals surface area contributed by atoms with E-state index in [2.05, 4.69) is 41.8 Å². The average molecular weight is 322 g/mol. The third-order valence-corrected chi connectivity index (χ3v) is 4.88. The fourth-order valence-corrected chi connectivity index (χ4v) is 3.50. The first-order valence-electron chi connectivity index (χ1n) is 8.91. The third kappa shape index (κ3) is 4.24. The summed E-state index contributed by atoms with van der Waals surface area (Å²) < 4.78 is 0. The summed E-state index contributed by atoms with van der Waals surface area (Å²) in [6.07, 6.45) is 4.54. The zero-order chi connectivity index (χ0) is 16.8. The number of carbonyl (C=O) groups excluding carboxylic acids is 1. The Labute approximate surface area is 144 Å². The van der Waals surface area contributed by atoms with Crippen LogP contribution in [-0.4, -0.2) is 18.0 Å². The summed E-state index contributed by atoms with van der Waals surface area (Å²) in [7, 11) is 0. The molecular weight excluding hydrogens is 296 g/mol. The molecule has 3 heteroatoms. The number of nitrogens with one attached hydrogen (secondary N) is 2. The summed E-state index contributed by atoms with van der Waals surface area (Å²) in [5.41, 5.74) is 2.02. The van der Waals surface area contributed by atoms with Crippen LogP contribution >= 0.6 is 0 Å². The van der Waals surface area contributed by atoms with Crippen LogP contribution in [-0.2, 0) is 0 Å². The van der Waals surface area contributed by atoms with Gasteiger partial charge in [0.05, 0.1) is 0 Å². The molecule has 0 spiro atoms. The highest BCUT2D eigenvalue weighted by molar-refractivity contribution is 5.94. The number of hydrogen-bond donors (Lipinski definition) is 2. The molecule has 0 saturated heterocycles. The molecule has 0 unspecified atom stereocenters. The van der Waals surface area contributed by atoms with Crippen LogP contribution in [0.3, 0.4) is 0 Å². The van der Waals surface area contributed by atoms with Gasteiger partial charge >= 0.3 is 0 Å². The van der Waals surface area contributed by atoms with Gasteiger partial charge in [-0.25, -0.2) is 0 Å². The smallest absolute Gasteiger partial charge is 0.251 e. The molecular formula is C21H26N2O. The van der Waals surface area contributed by atoms with Crippen molar-refractivity contribution in [2.75, 3.05) is 0 Å². The Kier molecular flexibility index (Phi) is 5.65. The molecule has 3 atom stereocenters. The summed E-state index contributed by atoms with van der Waals surface area (Å²) in [6.45, 7) is 2.19. The topological polar surface area (TPSA) is 41.1 Å². The Morgan fingerprint density at radius 1 is 0.917 bits per heavy atom. The standard InChI is InChI=1S/C21H26N2O/c1-16(17-10-4-2-5-11-17)22-19-14-8-9-15-20(19)23-21(24)18-12-6-3-7-13-18/h2-7,10-13,16,19-20,22H,8-9,14-15H2,1H3,(H,23,24)/t16-,19-,20+/m0/s1. The van der Waals surface area contributed by atoms with Crippen molar-refractivity contribution in [1.82, 2.24) is 10.6 Å². The van der Waals surface area contributed by atoms with E-state index < -0.39 is 0 Å². The van der Waals surface area contributed by atoms with Gasteiger partial charge in [0, 0.05) is 23.7 Å². The molecule has 1 aliphatic carbocycles. The Bertz CT molecular complexity index is 641. The van der Waals surface area contributed by atoms with Gasteiger partial charge in [-0.2, -0.15) is 0 Å². The predicted octanol–water partition coefficient (Wildman–Crippen LogP) is 4.08. The van der Waals surface area contributed by atoms with E-state index in [1.807, 2.05) is 36.4 Å². The van der Waals surface area contributed by atoms with Crippen LogP contribution < -0.4 is 10.6 Å². The van der Waals surface area contributed by atoms with E-state index in [0.29, 0.717) is 6.04 Å². The fraction of sp³-hybridized carbons (Fsp3) is 0.381. The van der Waals surface area contributed by atoms with Gasteiger partial charge in [0.2, 0.25) is 0 Å². The fourth-order valence-electron chi connectivity index (χ4n) is 3.50. The molecule has 2 aromatic carbocycles. The highest BCUT2D eigenvalue weighted by Crippen LogP contribution is 2.22. The number of carbonyl (C=O) groups is 1. The van der Waals surface area contributed by atoms with Gasteiger partial charge in [-0.1, -0.05) is 61.4 Å². The van der Waals surface area contributed by atoms with E-state index >= 15 is 0 Å². The lowest BCUT2D eigenvalue weighted by Gasteiger charge is -2.35. The Balaban J connectivity index is 1.64. The number of rotatable bonds is 5. The van der Waals surface area contributed by atoms with Crippen molar-refractivity contribution in [1.29, 1.82) is 0 Å². The Morgan fingerprint density at radius 2 is 1.50 bits per heavy atom. The third-order valence-electron chi connectivity index (χ3n) is 4.88. The van der Waals surface area contributed by atoms with E-state index in [9.17, 15) is 4.79 Å². The maximum absolute atomic E-state index is 12.5. The lowest BCUT2D eigenvalue weighted by atomic mass is 9.89. The molecule has 1 amide bonds. The maximum Gasteiger partial charge on any atom is 0.251 e.